The Labute approximate surface area is 323 Å². The van der Waals surface area contributed by atoms with E-state index in [9.17, 15) is 0 Å². The molecule has 0 fully saturated rings. The maximum Gasteiger partial charge on any atom is 2.00 e. The van der Waals surface area contributed by atoms with Crippen LogP contribution in [0.1, 0.15) is 82.6 Å². The summed E-state index contributed by atoms with van der Waals surface area (Å²) in [4.78, 5) is 4.78. The molecule has 3 aromatic heterocycles. The Morgan fingerprint density at radius 2 is 1.46 bits per heavy atom. The van der Waals surface area contributed by atoms with Gasteiger partial charge in [0.25, 0.3) is 0 Å². The average Bonchev–Trinajstić information content (AvgIpc) is 3.73. The van der Waals surface area contributed by atoms with Gasteiger partial charge in [0.2, 0.25) is 0 Å². The van der Waals surface area contributed by atoms with Crippen LogP contribution in [0, 0.1) is 30.9 Å². The van der Waals surface area contributed by atoms with Crippen LogP contribution >= 0.6 is 0 Å². The smallest absolute Gasteiger partial charge is 0.509 e. The van der Waals surface area contributed by atoms with Gasteiger partial charge in [0.05, 0.1) is 6.20 Å². The Kier molecular flexibility index (Phi) is 11.5. The molecule has 268 valence electrons. The molecule has 3 heterocycles. The van der Waals surface area contributed by atoms with Crippen molar-refractivity contribution in [2.75, 3.05) is 0 Å². The molecule has 5 nitrogen and oxygen atoms in total. The SMILES string of the molecule is Cc1cc(CCC(C)C)c(-c2cnn(-c3[c-]c(Oc4[c-]c5c(cc4)c4ccccc4n5-c4cc(C(C)C)ccn4)ccc3)c2)c(CCC(C)C)c1.[Pt+2]. The normalized spacial score (nSPS) is 11.7. The molecule has 7 rings (SSSR count). The minimum absolute atomic E-state index is 0. The second kappa shape index (κ2) is 16.0. The van der Waals surface area contributed by atoms with Crippen molar-refractivity contribution in [1.82, 2.24) is 19.3 Å². The van der Waals surface area contributed by atoms with Crippen LogP contribution in [0.25, 0.3) is 44.4 Å². The van der Waals surface area contributed by atoms with Crippen LogP contribution in [-0.2, 0) is 33.9 Å². The van der Waals surface area contributed by atoms with E-state index >= 15 is 0 Å². The molecule has 7 aromatic rings. The van der Waals surface area contributed by atoms with Gasteiger partial charge in [-0.15, -0.1) is 35.7 Å². The molecule has 0 aliphatic carbocycles. The van der Waals surface area contributed by atoms with Crippen molar-refractivity contribution < 1.29 is 25.8 Å². The number of aromatic nitrogens is 4. The number of para-hydroxylation sites is 1. The van der Waals surface area contributed by atoms with Gasteiger partial charge in [0.15, 0.2) is 0 Å². The van der Waals surface area contributed by atoms with E-state index in [-0.39, 0.29) is 21.1 Å². The Balaban J connectivity index is 0.00000464. The number of nitrogens with zero attached hydrogens (tertiary/aromatic N) is 4. The van der Waals surface area contributed by atoms with Crippen molar-refractivity contribution in [3.05, 3.63) is 132 Å². The van der Waals surface area contributed by atoms with Gasteiger partial charge < -0.3 is 9.30 Å². The number of hydrogen-bond acceptors (Lipinski definition) is 3. The fourth-order valence-electron chi connectivity index (χ4n) is 7.01. The first-order valence-electron chi connectivity index (χ1n) is 18.4. The minimum atomic E-state index is 0. The van der Waals surface area contributed by atoms with E-state index < -0.39 is 0 Å². The van der Waals surface area contributed by atoms with Gasteiger partial charge in [0.1, 0.15) is 5.82 Å². The summed E-state index contributed by atoms with van der Waals surface area (Å²) < 4.78 is 10.6. The van der Waals surface area contributed by atoms with E-state index in [1.165, 1.54) is 27.8 Å². The first-order valence-corrected chi connectivity index (χ1v) is 18.4. The molecule has 0 unspecified atom stereocenters. The second-order valence-corrected chi connectivity index (χ2v) is 15.0. The molecule has 6 heteroatoms. The van der Waals surface area contributed by atoms with Crippen LogP contribution in [0.2, 0.25) is 0 Å². The van der Waals surface area contributed by atoms with Crippen molar-refractivity contribution in [2.45, 2.75) is 80.1 Å². The fraction of sp³-hybridized carbons (Fsp3) is 0.304. The number of pyridine rings is 1. The molecule has 0 amide bonds. The number of rotatable bonds is 12. The third kappa shape index (κ3) is 7.95. The summed E-state index contributed by atoms with van der Waals surface area (Å²) in [5, 5.41) is 7.11. The monoisotopic (exact) mass is 867 g/mol. The number of hydrogen-bond donors (Lipinski definition) is 0. The Morgan fingerprint density at radius 1 is 0.750 bits per heavy atom. The maximum absolute atomic E-state index is 6.46. The minimum Gasteiger partial charge on any atom is -0.509 e. The second-order valence-electron chi connectivity index (χ2n) is 15.0. The van der Waals surface area contributed by atoms with Crippen molar-refractivity contribution in [2.24, 2.45) is 11.8 Å². The molecular weight excluding hydrogens is 820 g/mol. The van der Waals surface area contributed by atoms with Crippen molar-refractivity contribution in [1.29, 1.82) is 0 Å². The van der Waals surface area contributed by atoms with Gasteiger partial charge in [-0.2, -0.15) is 17.2 Å². The van der Waals surface area contributed by atoms with Crippen molar-refractivity contribution >= 4 is 21.8 Å². The van der Waals surface area contributed by atoms with Crippen LogP contribution in [-0.4, -0.2) is 19.3 Å². The third-order valence-corrected chi connectivity index (χ3v) is 9.74. The van der Waals surface area contributed by atoms with E-state index in [0.717, 1.165) is 64.6 Å². The van der Waals surface area contributed by atoms with Crippen LogP contribution < -0.4 is 4.74 Å². The molecule has 0 aliphatic heterocycles. The topological polar surface area (TPSA) is 44.9 Å². The molecule has 52 heavy (non-hydrogen) atoms. The predicted molar refractivity (Wildman–Crippen MR) is 210 cm³/mol. The first-order chi connectivity index (χ1) is 24.6. The standard InChI is InChI=1S/C46H48N4O.Pt/c1-30(2)15-17-35-23-33(7)24-36(18-16-31(3)4)46(35)37-28-48-49(29-37)38-11-10-12-39(26-38)51-40-19-20-42-41-13-8-9-14-43(41)50(44(42)27-40)45-25-34(32(5)6)21-22-47-45;/h8-14,19-25,28-32H,15-18H2,1-7H3;/q-2;+2. The summed E-state index contributed by atoms with van der Waals surface area (Å²) in [6, 6.07) is 34.6. The van der Waals surface area contributed by atoms with Gasteiger partial charge in [-0.3, -0.25) is 4.68 Å². The maximum atomic E-state index is 6.46. The van der Waals surface area contributed by atoms with E-state index in [4.69, 9.17) is 14.8 Å². The zero-order valence-corrected chi connectivity index (χ0v) is 33.6. The number of ether oxygens (including phenoxy) is 1. The predicted octanol–water partition coefficient (Wildman–Crippen LogP) is 12.0. The van der Waals surface area contributed by atoms with E-state index in [2.05, 4.69) is 126 Å². The summed E-state index contributed by atoms with van der Waals surface area (Å²) in [5.74, 6) is 3.78. The van der Waals surface area contributed by atoms with Gasteiger partial charge in [-0.25, -0.2) is 4.98 Å². The van der Waals surface area contributed by atoms with Crippen LogP contribution in [0.15, 0.2) is 97.5 Å². The molecule has 0 aliphatic rings. The fourth-order valence-corrected chi connectivity index (χ4v) is 7.01. The van der Waals surface area contributed by atoms with Gasteiger partial charge in [0, 0.05) is 35.0 Å². The zero-order valence-electron chi connectivity index (χ0n) is 31.3. The molecule has 0 atom stereocenters. The largest absolute Gasteiger partial charge is 2.00 e. The Hall–Kier alpha value is -4.47. The third-order valence-electron chi connectivity index (χ3n) is 9.74. The number of aryl methyl sites for hydroxylation is 3. The number of benzene rings is 4. The summed E-state index contributed by atoms with van der Waals surface area (Å²) >= 11 is 0. The molecule has 0 bridgehead atoms. The van der Waals surface area contributed by atoms with E-state index in [1.54, 1.807) is 0 Å². The molecule has 4 aromatic carbocycles. The van der Waals surface area contributed by atoms with Gasteiger partial charge in [-0.1, -0.05) is 83.0 Å². The molecule has 0 saturated carbocycles. The van der Waals surface area contributed by atoms with Crippen LogP contribution in [0.4, 0.5) is 0 Å². The molecule has 0 N–H and O–H groups in total. The van der Waals surface area contributed by atoms with E-state index in [0.29, 0.717) is 29.3 Å². The molecule has 0 radical (unpaired) electrons. The summed E-state index contributed by atoms with van der Waals surface area (Å²) in [6.45, 7) is 15.8. The van der Waals surface area contributed by atoms with Gasteiger partial charge >= 0.3 is 21.1 Å². The zero-order chi connectivity index (χ0) is 35.6. The molecule has 0 spiro atoms. The Morgan fingerprint density at radius 3 is 2.17 bits per heavy atom. The summed E-state index contributed by atoms with van der Waals surface area (Å²) in [7, 11) is 0. The molecular formula is C46H48N4OPt. The average molecular weight is 868 g/mol. The quantitative estimate of drug-likeness (QED) is 0.115. The van der Waals surface area contributed by atoms with Crippen molar-refractivity contribution in [3.63, 3.8) is 0 Å². The number of fused-ring (bicyclic) bond motifs is 3. The summed E-state index contributed by atoms with van der Waals surface area (Å²) in [6.07, 6.45) is 10.5. The van der Waals surface area contributed by atoms with Gasteiger partial charge in [-0.05, 0) is 102 Å². The van der Waals surface area contributed by atoms with Crippen LogP contribution in [0.5, 0.6) is 11.5 Å². The van der Waals surface area contributed by atoms with Crippen molar-refractivity contribution in [3.8, 4) is 34.1 Å². The first kappa shape index (κ1) is 37.3. The molecule has 0 saturated heterocycles. The van der Waals surface area contributed by atoms with E-state index in [1.807, 2.05) is 41.3 Å². The summed E-state index contributed by atoms with van der Waals surface area (Å²) in [5.41, 5.74) is 10.7. The Bertz CT molecular complexity index is 2280. The van der Waals surface area contributed by atoms with Crippen LogP contribution in [0.3, 0.4) is 0 Å².